The van der Waals surface area contributed by atoms with E-state index in [0.29, 0.717) is 12.6 Å². The van der Waals surface area contributed by atoms with Crippen LogP contribution in [0.5, 0.6) is 0 Å². The van der Waals surface area contributed by atoms with Gasteiger partial charge < -0.3 is 15.3 Å². The summed E-state index contributed by atoms with van der Waals surface area (Å²) in [5.41, 5.74) is 0. The number of nitrogens with zero attached hydrogens (tertiary/aromatic N) is 1. The van der Waals surface area contributed by atoms with Gasteiger partial charge in [0, 0.05) is 31.3 Å². The second-order valence-electron chi connectivity index (χ2n) is 5.06. The van der Waals surface area contributed by atoms with E-state index in [1.54, 1.807) is 4.90 Å². The fraction of sp³-hybridized carbons (Fsp3) is 0.833. The predicted octanol–water partition coefficient (Wildman–Crippen LogP) is 1.39. The van der Waals surface area contributed by atoms with Gasteiger partial charge in [-0.1, -0.05) is 0 Å². The molecule has 2 heterocycles. The molecular weight excluding hydrogens is 252 g/mol. The van der Waals surface area contributed by atoms with Crippen LogP contribution < -0.4 is 5.32 Å². The smallest absolute Gasteiger partial charge is 0.317 e. The van der Waals surface area contributed by atoms with Crippen molar-refractivity contribution in [2.75, 3.05) is 24.6 Å². The van der Waals surface area contributed by atoms with Crippen LogP contribution in [0.15, 0.2) is 0 Å². The van der Waals surface area contributed by atoms with Crippen LogP contribution in [-0.2, 0) is 4.79 Å². The molecule has 0 radical (unpaired) electrons. The Balaban J connectivity index is 1.79. The maximum Gasteiger partial charge on any atom is 0.317 e. The van der Waals surface area contributed by atoms with Gasteiger partial charge in [-0.2, -0.15) is 11.8 Å². The van der Waals surface area contributed by atoms with E-state index in [1.165, 1.54) is 0 Å². The minimum atomic E-state index is -0.769. The number of carbonyl (C=O) groups is 2. The van der Waals surface area contributed by atoms with Crippen molar-refractivity contribution in [1.82, 2.24) is 10.2 Å². The second kappa shape index (κ2) is 6.31. The summed E-state index contributed by atoms with van der Waals surface area (Å²) in [6, 6.07) is 0.278. The summed E-state index contributed by atoms with van der Waals surface area (Å²) in [6.07, 6.45) is 3.03. The highest BCUT2D eigenvalue weighted by atomic mass is 32.2. The first kappa shape index (κ1) is 13.5. The zero-order valence-corrected chi connectivity index (χ0v) is 11.2. The predicted molar refractivity (Wildman–Crippen MR) is 70.8 cm³/mol. The highest BCUT2D eigenvalue weighted by Gasteiger charge is 2.27. The summed E-state index contributed by atoms with van der Waals surface area (Å²) < 4.78 is 0. The molecule has 102 valence electrons. The van der Waals surface area contributed by atoms with Crippen molar-refractivity contribution in [2.45, 2.75) is 31.7 Å². The van der Waals surface area contributed by atoms with Crippen LogP contribution in [0.25, 0.3) is 0 Å². The van der Waals surface area contributed by atoms with Crippen LogP contribution in [0.4, 0.5) is 4.79 Å². The number of urea groups is 1. The molecule has 0 aromatic rings. The maximum absolute atomic E-state index is 12.0. The van der Waals surface area contributed by atoms with E-state index in [9.17, 15) is 9.59 Å². The summed E-state index contributed by atoms with van der Waals surface area (Å²) in [4.78, 5) is 24.5. The van der Waals surface area contributed by atoms with E-state index in [2.05, 4.69) is 5.32 Å². The number of carboxylic acid groups (broad SMARTS) is 1. The maximum atomic E-state index is 12.0. The number of nitrogens with one attached hydrogen (secondary N) is 1. The molecule has 0 aromatic heterocycles. The minimum absolute atomic E-state index is 0.0161. The molecule has 0 aliphatic carbocycles. The summed E-state index contributed by atoms with van der Waals surface area (Å²) in [7, 11) is 0. The molecule has 2 fully saturated rings. The van der Waals surface area contributed by atoms with Crippen molar-refractivity contribution in [2.24, 2.45) is 5.92 Å². The van der Waals surface area contributed by atoms with Crippen molar-refractivity contribution >= 4 is 23.8 Å². The first-order valence-electron chi connectivity index (χ1n) is 6.50. The Labute approximate surface area is 111 Å². The first-order chi connectivity index (χ1) is 8.65. The zero-order chi connectivity index (χ0) is 13.0. The van der Waals surface area contributed by atoms with Gasteiger partial charge in [-0.3, -0.25) is 4.79 Å². The van der Waals surface area contributed by atoms with Gasteiger partial charge in [0.1, 0.15) is 0 Å². The monoisotopic (exact) mass is 272 g/mol. The largest absolute Gasteiger partial charge is 0.481 e. The lowest BCUT2D eigenvalue weighted by Gasteiger charge is -2.32. The normalized spacial score (nSPS) is 28.1. The molecular formula is C12H20N2O3S. The second-order valence-corrected chi connectivity index (χ2v) is 6.21. The highest BCUT2D eigenvalue weighted by Crippen LogP contribution is 2.21. The molecule has 0 spiro atoms. The molecule has 2 atom stereocenters. The molecule has 2 unspecified atom stereocenters. The third-order valence-corrected chi connectivity index (χ3v) is 4.69. The average molecular weight is 272 g/mol. The minimum Gasteiger partial charge on any atom is -0.481 e. The van der Waals surface area contributed by atoms with Crippen LogP contribution in [-0.4, -0.2) is 52.6 Å². The van der Waals surface area contributed by atoms with Crippen LogP contribution in [0.1, 0.15) is 25.7 Å². The van der Waals surface area contributed by atoms with Gasteiger partial charge >= 0.3 is 12.0 Å². The summed E-state index contributed by atoms with van der Waals surface area (Å²) in [5, 5.41) is 11.8. The van der Waals surface area contributed by atoms with E-state index in [1.807, 2.05) is 11.8 Å². The fourth-order valence-electron chi connectivity index (χ4n) is 2.58. The standard InChI is InChI=1S/C12H20N2O3S/c15-11(16)6-9-2-1-4-14(7-9)12(17)13-10-3-5-18-8-10/h9-10H,1-8H2,(H,13,17)(H,15,16). The Morgan fingerprint density at radius 3 is 2.89 bits per heavy atom. The molecule has 2 amide bonds. The zero-order valence-electron chi connectivity index (χ0n) is 10.4. The summed E-state index contributed by atoms with van der Waals surface area (Å²) >= 11 is 1.87. The topological polar surface area (TPSA) is 69.6 Å². The summed E-state index contributed by atoms with van der Waals surface area (Å²) in [5.74, 6) is 1.46. The van der Waals surface area contributed by atoms with Crippen LogP contribution >= 0.6 is 11.8 Å². The molecule has 2 aliphatic heterocycles. The average Bonchev–Trinajstić information content (AvgIpc) is 2.81. The molecule has 2 saturated heterocycles. The third kappa shape index (κ3) is 3.80. The lowest BCUT2D eigenvalue weighted by molar-refractivity contribution is -0.138. The number of hydrogen-bond acceptors (Lipinski definition) is 3. The first-order valence-corrected chi connectivity index (χ1v) is 7.65. The number of likely N-dealkylation sites (tertiary alicyclic amines) is 1. The number of carboxylic acids is 1. The van der Waals surface area contributed by atoms with Crippen molar-refractivity contribution in [3.05, 3.63) is 0 Å². The van der Waals surface area contributed by atoms with Crippen molar-refractivity contribution in [1.29, 1.82) is 0 Å². The SMILES string of the molecule is O=C(O)CC1CCCN(C(=O)NC2CCSC2)C1. The van der Waals surface area contributed by atoms with Gasteiger partial charge in [-0.15, -0.1) is 0 Å². The van der Waals surface area contributed by atoms with E-state index in [0.717, 1.165) is 37.3 Å². The van der Waals surface area contributed by atoms with Crippen LogP contribution in [0.2, 0.25) is 0 Å². The Bertz CT molecular complexity index is 318. The number of carbonyl (C=O) groups excluding carboxylic acids is 1. The van der Waals surface area contributed by atoms with Gasteiger partial charge in [-0.05, 0) is 30.9 Å². The Hall–Kier alpha value is -0.910. The quantitative estimate of drug-likeness (QED) is 0.814. The van der Waals surface area contributed by atoms with Crippen molar-refractivity contribution < 1.29 is 14.7 Å². The highest BCUT2D eigenvalue weighted by molar-refractivity contribution is 7.99. The molecule has 6 heteroatoms. The van der Waals surface area contributed by atoms with Gasteiger partial charge in [0.15, 0.2) is 0 Å². The van der Waals surface area contributed by atoms with E-state index < -0.39 is 5.97 Å². The van der Waals surface area contributed by atoms with Crippen molar-refractivity contribution in [3.63, 3.8) is 0 Å². The van der Waals surface area contributed by atoms with Crippen LogP contribution in [0, 0.1) is 5.92 Å². The third-order valence-electron chi connectivity index (χ3n) is 3.53. The number of piperidine rings is 1. The number of aliphatic carboxylic acids is 1. The van der Waals surface area contributed by atoms with Gasteiger partial charge in [-0.25, -0.2) is 4.79 Å². The van der Waals surface area contributed by atoms with E-state index in [4.69, 9.17) is 5.11 Å². The molecule has 0 bridgehead atoms. The van der Waals surface area contributed by atoms with Crippen LogP contribution in [0.3, 0.4) is 0 Å². The lowest BCUT2D eigenvalue weighted by Crippen LogP contribution is -2.49. The molecule has 5 nitrogen and oxygen atoms in total. The van der Waals surface area contributed by atoms with E-state index >= 15 is 0 Å². The molecule has 18 heavy (non-hydrogen) atoms. The number of rotatable bonds is 3. The Kier molecular flexibility index (Phi) is 4.74. The van der Waals surface area contributed by atoms with Gasteiger partial charge in [0.2, 0.25) is 0 Å². The Morgan fingerprint density at radius 2 is 2.22 bits per heavy atom. The van der Waals surface area contributed by atoms with Gasteiger partial charge in [0.25, 0.3) is 0 Å². The number of amides is 2. The van der Waals surface area contributed by atoms with Crippen molar-refractivity contribution in [3.8, 4) is 0 Å². The molecule has 2 rings (SSSR count). The Morgan fingerprint density at radius 1 is 1.39 bits per heavy atom. The number of hydrogen-bond donors (Lipinski definition) is 2. The lowest BCUT2D eigenvalue weighted by atomic mass is 9.95. The molecule has 0 saturated carbocycles. The van der Waals surface area contributed by atoms with Gasteiger partial charge in [0.05, 0.1) is 0 Å². The fourth-order valence-corrected chi connectivity index (χ4v) is 3.73. The van der Waals surface area contributed by atoms with E-state index in [-0.39, 0.29) is 18.4 Å². The number of thioether (sulfide) groups is 1. The molecule has 2 N–H and O–H groups in total. The summed E-state index contributed by atoms with van der Waals surface area (Å²) in [6.45, 7) is 1.33. The molecule has 2 aliphatic rings. The molecule has 0 aromatic carbocycles.